The first kappa shape index (κ1) is 20.3. The van der Waals surface area contributed by atoms with E-state index in [9.17, 15) is 14.4 Å². The highest BCUT2D eigenvalue weighted by Crippen LogP contribution is 1.99. The van der Waals surface area contributed by atoms with Crippen LogP contribution in [0.5, 0.6) is 0 Å². The highest BCUT2D eigenvalue weighted by molar-refractivity contribution is 5.77. The van der Waals surface area contributed by atoms with Crippen molar-refractivity contribution in [2.24, 2.45) is 0 Å². The molecule has 1 N–H and O–H groups in total. The highest BCUT2D eigenvalue weighted by atomic mass is 16.5. The largest absolute Gasteiger partial charge is 0.480 e. The molecular weight excluding hydrogens is 318 g/mol. The first-order valence-corrected chi connectivity index (χ1v) is 8.06. The Morgan fingerprint density at radius 2 is 1.92 bits per heavy atom. The third-order valence-corrected chi connectivity index (χ3v) is 3.77. The van der Waals surface area contributed by atoms with Gasteiger partial charge in [0.1, 0.15) is 13.2 Å². The second-order valence-corrected chi connectivity index (χ2v) is 5.65. The molecule has 0 spiro atoms. The van der Waals surface area contributed by atoms with Crippen molar-refractivity contribution in [3.8, 4) is 0 Å². The molecule has 9 heteroatoms. The normalized spacial score (nSPS) is 15.0. The fourth-order valence-electron chi connectivity index (χ4n) is 2.28. The summed E-state index contributed by atoms with van der Waals surface area (Å²) >= 11 is 0. The van der Waals surface area contributed by atoms with Gasteiger partial charge < -0.3 is 24.4 Å². The molecule has 1 fully saturated rings. The van der Waals surface area contributed by atoms with E-state index in [0.717, 1.165) is 45.7 Å². The van der Waals surface area contributed by atoms with Crippen molar-refractivity contribution < 1.29 is 29.0 Å². The number of aliphatic carboxylic acids is 1. The molecule has 1 heterocycles. The average Bonchev–Trinajstić information content (AvgIpc) is 2.58. The molecule has 24 heavy (non-hydrogen) atoms. The zero-order chi connectivity index (χ0) is 17.8. The molecule has 0 bridgehead atoms. The standard InChI is InChI=1S/C15H27N3O6/c1-16(14(20)11-24-12-15(21)22)5-6-18(13-19)4-2-3-17-7-9-23-10-8-17/h13H,2-12H2,1H3,(H,21,22). The molecule has 1 rings (SSSR count). The van der Waals surface area contributed by atoms with Gasteiger partial charge in [-0.05, 0) is 6.42 Å². The summed E-state index contributed by atoms with van der Waals surface area (Å²) in [4.78, 5) is 38.5. The lowest BCUT2D eigenvalue weighted by Crippen LogP contribution is -2.40. The number of carbonyl (C=O) groups is 3. The molecule has 2 amide bonds. The Morgan fingerprint density at radius 1 is 1.21 bits per heavy atom. The number of carboxylic acids is 1. The van der Waals surface area contributed by atoms with Crippen molar-refractivity contribution >= 4 is 18.3 Å². The van der Waals surface area contributed by atoms with Crippen molar-refractivity contribution in [3.05, 3.63) is 0 Å². The Morgan fingerprint density at radius 3 is 2.54 bits per heavy atom. The van der Waals surface area contributed by atoms with Crippen LogP contribution in [-0.2, 0) is 23.9 Å². The summed E-state index contributed by atoms with van der Waals surface area (Å²) in [5, 5.41) is 8.44. The Labute approximate surface area is 142 Å². The Kier molecular flexibility index (Phi) is 9.97. The lowest BCUT2D eigenvalue weighted by molar-refractivity contribution is -0.145. The Bertz CT molecular complexity index is 401. The first-order chi connectivity index (χ1) is 11.5. The van der Waals surface area contributed by atoms with Crippen molar-refractivity contribution in [1.29, 1.82) is 0 Å². The van der Waals surface area contributed by atoms with Gasteiger partial charge in [-0.25, -0.2) is 4.79 Å². The van der Waals surface area contributed by atoms with Crippen LogP contribution in [0.3, 0.4) is 0 Å². The topological polar surface area (TPSA) is 99.6 Å². The average molecular weight is 345 g/mol. The van der Waals surface area contributed by atoms with Crippen molar-refractivity contribution in [2.45, 2.75) is 6.42 Å². The monoisotopic (exact) mass is 345 g/mol. The number of ether oxygens (including phenoxy) is 2. The number of nitrogens with zero attached hydrogens (tertiary/aromatic N) is 3. The number of hydrogen-bond acceptors (Lipinski definition) is 6. The van der Waals surface area contributed by atoms with Gasteiger partial charge >= 0.3 is 5.97 Å². The van der Waals surface area contributed by atoms with Crippen LogP contribution in [-0.4, -0.2) is 111 Å². The number of rotatable bonds is 12. The maximum atomic E-state index is 11.7. The van der Waals surface area contributed by atoms with Gasteiger partial charge in [0.25, 0.3) is 0 Å². The van der Waals surface area contributed by atoms with E-state index in [1.165, 1.54) is 4.90 Å². The van der Waals surface area contributed by atoms with Crippen LogP contribution in [0.15, 0.2) is 0 Å². The van der Waals surface area contributed by atoms with Gasteiger partial charge in [-0.3, -0.25) is 14.5 Å². The van der Waals surface area contributed by atoms with Gasteiger partial charge in [0.05, 0.1) is 13.2 Å². The number of carbonyl (C=O) groups excluding carboxylic acids is 2. The predicted octanol–water partition coefficient (Wildman–Crippen LogP) is -1.27. The van der Waals surface area contributed by atoms with Crippen molar-refractivity contribution in [2.75, 3.05) is 72.7 Å². The van der Waals surface area contributed by atoms with Crippen LogP contribution in [0, 0.1) is 0 Å². The van der Waals surface area contributed by atoms with Crippen LogP contribution in [0.1, 0.15) is 6.42 Å². The minimum Gasteiger partial charge on any atom is -0.480 e. The molecular formula is C15H27N3O6. The minimum absolute atomic E-state index is 0.277. The number of hydrogen-bond donors (Lipinski definition) is 1. The van der Waals surface area contributed by atoms with E-state index in [0.29, 0.717) is 19.6 Å². The fraction of sp³-hybridized carbons (Fsp3) is 0.800. The zero-order valence-corrected chi connectivity index (χ0v) is 14.2. The van der Waals surface area contributed by atoms with E-state index in [4.69, 9.17) is 14.6 Å². The van der Waals surface area contributed by atoms with Crippen LogP contribution >= 0.6 is 0 Å². The van der Waals surface area contributed by atoms with Crippen LogP contribution in [0.4, 0.5) is 0 Å². The summed E-state index contributed by atoms with van der Waals surface area (Å²) in [5.74, 6) is -1.42. The molecule has 1 aliphatic heterocycles. The predicted molar refractivity (Wildman–Crippen MR) is 85.6 cm³/mol. The van der Waals surface area contributed by atoms with E-state index >= 15 is 0 Å². The molecule has 9 nitrogen and oxygen atoms in total. The second-order valence-electron chi connectivity index (χ2n) is 5.65. The third-order valence-electron chi connectivity index (χ3n) is 3.77. The molecule has 1 saturated heterocycles. The highest BCUT2D eigenvalue weighted by Gasteiger charge is 2.13. The minimum atomic E-state index is -1.11. The molecule has 0 aromatic carbocycles. The van der Waals surface area contributed by atoms with E-state index < -0.39 is 12.6 Å². The molecule has 1 aliphatic rings. The molecule has 0 atom stereocenters. The molecule has 0 aromatic heterocycles. The van der Waals surface area contributed by atoms with Crippen molar-refractivity contribution in [3.63, 3.8) is 0 Å². The maximum absolute atomic E-state index is 11.7. The number of carboxylic acid groups (broad SMARTS) is 1. The molecule has 0 unspecified atom stereocenters. The lowest BCUT2D eigenvalue weighted by Gasteiger charge is -2.28. The number of amides is 2. The number of morpholine rings is 1. The molecule has 0 saturated carbocycles. The Hall–Kier alpha value is -1.71. The van der Waals surface area contributed by atoms with Crippen LogP contribution < -0.4 is 0 Å². The first-order valence-electron chi connectivity index (χ1n) is 8.06. The molecule has 0 radical (unpaired) electrons. The summed E-state index contributed by atoms with van der Waals surface area (Å²) in [6.07, 6.45) is 1.66. The van der Waals surface area contributed by atoms with Gasteiger partial charge in [-0.2, -0.15) is 0 Å². The fourth-order valence-corrected chi connectivity index (χ4v) is 2.28. The third kappa shape index (κ3) is 8.80. The maximum Gasteiger partial charge on any atom is 0.329 e. The van der Waals surface area contributed by atoms with Gasteiger partial charge in [-0.15, -0.1) is 0 Å². The van der Waals surface area contributed by atoms with E-state index in [-0.39, 0.29) is 12.5 Å². The SMILES string of the molecule is CN(CCN(C=O)CCCN1CCOCC1)C(=O)COCC(=O)O. The van der Waals surface area contributed by atoms with Gasteiger partial charge in [-0.1, -0.05) is 0 Å². The smallest absolute Gasteiger partial charge is 0.329 e. The van der Waals surface area contributed by atoms with Gasteiger partial charge in [0.15, 0.2) is 0 Å². The van der Waals surface area contributed by atoms with E-state index in [1.807, 2.05) is 0 Å². The summed E-state index contributed by atoms with van der Waals surface area (Å²) < 4.78 is 10.0. The summed E-state index contributed by atoms with van der Waals surface area (Å²) in [5.41, 5.74) is 0. The zero-order valence-electron chi connectivity index (χ0n) is 14.2. The lowest BCUT2D eigenvalue weighted by atomic mass is 10.3. The van der Waals surface area contributed by atoms with E-state index in [2.05, 4.69) is 4.90 Å². The van der Waals surface area contributed by atoms with E-state index in [1.54, 1.807) is 11.9 Å². The summed E-state index contributed by atoms with van der Waals surface area (Å²) in [7, 11) is 1.60. The molecule has 0 aromatic rings. The number of likely N-dealkylation sites (N-methyl/N-ethyl adjacent to an activating group) is 1. The molecule has 138 valence electrons. The van der Waals surface area contributed by atoms with Crippen molar-refractivity contribution in [1.82, 2.24) is 14.7 Å². The van der Waals surface area contributed by atoms with Gasteiger partial charge in [0, 0.05) is 46.3 Å². The van der Waals surface area contributed by atoms with Crippen LogP contribution in [0.25, 0.3) is 0 Å². The quantitative estimate of drug-likeness (QED) is 0.440. The van der Waals surface area contributed by atoms with Crippen LogP contribution in [0.2, 0.25) is 0 Å². The summed E-state index contributed by atoms with van der Waals surface area (Å²) in [6.45, 7) is 4.97. The second kappa shape index (κ2) is 11.8. The van der Waals surface area contributed by atoms with Gasteiger partial charge in [0.2, 0.25) is 12.3 Å². The Balaban J connectivity index is 2.15. The summed E-state index contributed by atoms with van der Waals surface area (Å²) in [6, 6.07) is 0. The molecule has 0 aliphatic carbocycles.